The van der Waals surface area contributed by atoms with E-state index in [1.54, 1.807) is 0 Å². The molecule has 4 aliphatic rings. The second-order valence-corrected chi connectivity index (χ2v) is 12.7. The lowest BCUT2D eigenvalue weighted by molar-refractivity contribution is -0.181. The smallest absolute Gasteiger partial charge is 0.235 e. The average Bonchev–Trinajstić information content (AvgIpc) is 2.83. The van der Waals surface area contributed by atoms with E-state index in [9.17, 15) is 34.2 Å². The van der Waals surface area contributed by atoms with Gasteiger partial charge in [-0.05, 0) is 57.2 Å². The number of halogens is 1. The molecule has 1 aliphatic heterocycles. The molecule has 1 aromatic rings. The van der Waals surface area contributed by atoms with Gasteiger partial charge in [0.1, 0.15) is 11.6 Å². The summed E-state index contributed by atoms with van der Waals surface area (Å²) in [4.78, 5) is 69.6. The van der Waals surface area contributed by atoms with Crippen molar-refractivity contribution in [2.75, 3.05) is 27.2 Å². The van der Waals surface area contributed by atoms with Crippen LogP contribution in [0.3, 0.4) is 0 Å². The van der Waals surface area contributed by atoms with E-state index in [-0.39, 0.29) is 36.1 Å². The minimum atomic E-state index is -2.80. The van der Waals surface area contributed by atoms with E-state index in [0.717, 1.165) is 19.5 Å². The summed E-state index contributed by atoms with van der Waals surface area (Å²) in [5.74, 6) is -11.3. The number of carbonyl (C=O) groups excluding carboxylic acids is 5. The van der Waals surface area contributed by atoms with E-state index in [1.807, 2.05) is 0 Å². The molecule has 40 heavy (non-hydrogen) atoms. The number of primary amides is 1. The van der Waals surface area contributed by atoms with Gasteiger partial charge in [-0.15, -0.1) is 0 Å². The van der Waals surface area contributed by atoms with Crippen molar-refractivity contribution in [2.24, 2.45) is 41.2 Å². The molecule has 1 aromatic carbocycles. The number of likely N-dealkylation sites (tertiary alicyclic amines) is 1. The van der Waals surface area contributed by atoms with Crippen molar-refractivity contribution in [3.8, 4) is 5.75 Å². The molecule has 1 amide bonds. The standard InChI is InChI=1S/C29H36FN3O7/c1-12-5-13(2)10-33(9-12)11-15-8-18(34)20-16(22(15)30)6-14-7-17-23(32(3)4)25(36)21(28(31)39)27(38)29(17,40)26(37)19(14)24(20)35/h8,12-14,17,19,21,23,34,40H,5-7,9-11H2,1-4H3,(H2,31,39)/t12-,13-,14+,17+,19?,21?,23+,29+/m1/s1. The van der Waals surface area contributed by atoms with Gasteiger partial charge in [-0.25, -0.2) is 4.39 Å². The third-order valence-electron chi connectivity index (χ3n) is 9.41. The number of phenolic OH excluding ortho intramolecular Hbond substituents is 1. The molecular weight excluding hydrogens is 521 g/mol. The summed E-state index contributed by atoms with van der Waals surface area (Å²) >= 11 is 0. The SMILES string of the molecule is C[C@@H]1C[C@@H](C)CN(Cc2cc(O)c3c(c2F)C[C@H]2C[C@H]4[C@H](N(C)C)C(=O)C(C(N)=O)C(=O)[C@@]4(O)C(=O)C2C3=O)C1. The summed E-state index contributed by atoms with van der Waals surface area (Å²) in [6, 6.07) is 0.0193. The van der Waals surface area contributed by atoms with Gasteiger partial charge in [0.2, 0.25) is 5.91 Å². The molecule has 0 spiro atoms. The van der Waals surface area contributed by atoms with Crippen molar-refractivity contribution in [1.29, 1.82) is 0 Å². The first kappa shape index (κ1) is 28.5. The van der Waals surface area contributed by atoms with E-state index >= 15 is 4.39 Å². The molecule has 2 saturated carbocycles. The van der Waals surface area contributed by atoms with E-state index < -0.39 is 75.9 Å². The maximum atomic E-state index is 16.0. The van der Waals surface area contributed by atoms with Gasteiger partial charge in [0.05, 0.1) is 17.5 Å². The van der Waals surface area contributed by atoms with Crippen LogP contribution in [0.15, 0.2) is 6.07 Å². The Labute approximate surface area is 231 Å². The van der Waals surface area contributed by atoms with Crippen LogP contribution in [-0.4, -0.2) is 87.9 Å². The van der Waals surface area contributed by atoms with Crippen LogP contribution in [0.25, 0.3) is 0 Å². The fraction of sp³-hybridized carbons (Fsp3) is 0.621. The lowest BCUT2D eigenvalue weighted by atomic mass is 9.52. The highest BCUT2D eigenvalue weighted by atomic mass is 19.1. The molecule has 1 heterocycles. The van der Waals surface area contributed by atoms with Crippen molar-refractivity contribution in [3.05, 3.63) is 28.6 Å². The number of nitrogens with two attached hydrogens (primary N) is 1. The lowest BCUT2D eigenvalue weighted by Crippen LogP contribution is -2.74. The van der Waals surface area contributed by atoms with Crippen molar-refractivity contribution >= 4 is 29.0 Å². The minimum Gasteiger partial charge on any atom is -0.507 e. The first-order chi connectivity index (χ1) is 18.7. The zero-order valence-corrected chi connectivity index (χ0v) is 23.1. The monoisotopic (exact) mass is 557 g/mol. The van der Waals surface area contributed by atoms with Crippen molar-refractivity contribution in [3.63, 3.8) is 0 Å². The average molecular weight is 558 g/mol. The predicted molar refractivity (Wildman–Crippen MR) is 140 cm³/mol. The van der Waals surface area contributed by atoms with E-state index in [4.69, 9.17) is 5.73 Å². The molecule has 0 aromatic heterocycles. The number of phenols is 1. The van der Waals surface area contributed by atoms with Gasteiger partial charge in [-0.1, -0.05) is 13.8 Å². The van der Waals surface area contributed by atoms with E-state index in [2.05, 4.69) is 18.7 Å². The van der Waals surface area contributed by atoms with Crippen LogP contribution in [0.2, 0.25) is 0 Å². The quantitative estimate of drug-likeness (QED) is 0.448. The molecule has 10 nitrogen and oxygen atoms in total. The number of aliphatic hydroxyl groups is 1. The normalized spacial score (nSPS) is 36.3. The Morgan fingerprint density at radius 2 is 1.75 bits per heavy atom. The Balaban J connectivity index is 1.55. The molecule has 216 valence electrons. The summed E-state index contributed by atoms with van der Waals surface area (Å²) in [5.41, 5.74) is 2.45. The molecule has 0 bridgehead atoms. The number of benzene rings is 1. The molecular formula is C29H36FN3O7. The van der Waals surface area contributed by atoms with Crippen molar-refractivity contribution < 1.29 is 38.6 Å². The highest BCUT2D eigenvalue weighted by Crippen LogP contribution is 2.51. The molecule has 3 aliphatic carbocycles. The zero-order chi connectivity index (χ0) is 29.4. The summed E-state index contributed by atoms with van der Waals surface area (Å²) in [7, 11) is 3.03. The third-order valence-corrected chi connectivity index (χ3v) is 9.41. The van der Waals surface area contributed by atoms with Crippen LogP contribution < -0.4 is 5.73 Å². The Morgan fingerprint density at radius 1 is 1.12 bits per heavy atom. The molecule has 1 saturated heterocycles. The number of fused-ring (bicyclic) bond motifs is 3. The number of hydrogen-bond acceptors (Lipinski definition) is 9. The Morgan fingerprint density at radius 3 is 2.33 bits per heavy atom. The molecule has 3 fully saturated rings. The number of carbonyl (C=O) groups is 5. The van der Waals surface area contributed by atoms with Crippen molar-refractivity contribution in [1.82, 2.24) is 9.80 Å². The summed E-state index contributed by atoms with van der Waals surface area (Å²) in [6.07, 6.45) is 0.869. The van der Waals surface area contributed by atoms with Gasteiger partial charge in [0.25, 0.3) is 0 Å². The van der Waals surface area contributed by atoms with Crippen LogP contribution in [0.1, 0.15) is 48.2 Å². The molecule has 2 unspecified atom stereocenters. The van der Waals surface area contributed by atoms with Gasteiger partial charge in [-0.2, -0.15) is 0 Å². The Hall–Kier alpha value is -3.02. The molecule has 11 heteroatoms. The first-order valence-electron chi connectivity index (χ1n) is 13.8. The number of amides is 1. The van der Waals surface area contributed by atoms with Crippen LogP contribution in [0.4, 0.5) is 4.39 Å². The lowest BCUT2D eigenvalue weighted by Gasteiger charge is -2.52. The zero-order valence-electron chi connectivity index (χ0n) is 23.1. The summed E-state index contributed by atoms with van der Waals surface area (Å²) in [6.45, 7) is 6.08. The van der Waals surface area contributed by atoms with Gasteiger partial charge in [0.15, 0.2) is 34.7 Å². The van der Waals surface area contributed by atoms with Crippen LogP contribution >= 0.6 is 0 Å². The Bertz CT molecular complexity index is 1320. The maximum Gasteiger partial charge on any atom is 0.235 e. The number of piperidine rings is 1. The second-order valence-electron chi connectivity index (χ2n) is 12.7. The van der Waals surface area contributed by atoms with E-state index in [1.165, 1.54) is 25.1 Å². The number of hydrogen-bond donors (Lipinski definition) is 3. The highest BCUT2D eigenvalue weighted by Gasteiger charge is 2.69. The van der Waals surface area contributed by atoms with Crippen molar-refractivity contribution in [2.45, 2.75) is 51.3 Å². The number of ketones is 4. The number of nitrogens with zero attached hydrogens (tertiary/aromatic N) is 2. The van der Waals surface area contributed by atoms with Gasteiger partial charge in [-0.3, -0.25) is 33.8 Å². The van der Waals surface area contributed by atoms with Crippen LogP contribution in [0, 0.1) is 41.3 Å². The van der Waals surface area contributed by atoms with Gasteiger partial charge < -0.3 is 15.9 Å². The first-order valence-corrected chi connectivity index (χ1v) is 13.8. The van der Waals surface area contributed by atoms with Crippen LogP contribution in [0.5, 0.6) is 5.75 Å². The molecule has 4 N–H and O–H groups in total. The highest BCUT2D eigenvalue weighted by molar-refractivity contribution is 6.32. The number of aromatic hydroxyl groups is 1. The molecule has 0 radical (unpaired) electrons. The predicted octanol–water partition coefficient (Wildman–Crippen LogP) is 0.484. The van der Waals surface area contributed by atoms with E-state index in [0.29, 0.717) is 11.8 Å². The number of Topliss-reactive ketones (excluding diaryl/α,β-unsaturated/α-hetero) is 4. The second kappa shape index (κ2) is 9.81. The molecule has 8 atom stereocenters. The fourth-order valence-corrected chi connectivity index (χ4v) is 7.98. The third kappa shape index (κ3) is 4.12. The maximum absolute atomic E-state index is 16.0. The Kier molecular flexibility index (Phi) is 6.99. The summed E-state index contributed by atoms with van der Waals surface area (Å²) < 4.78 is 16.0. The largest absolute Gasteiger partial charge is 0.507 e. The van der Waals surface area contributed by atoms with Crippen LogP contribution in [-0.2, 0) is 32.1 Å². The van der Waals surface area contributed by atoms with Gasteiger partial charge >= 0.3 is 0 Å². The minimum absolute atomic E-state index is 0.00229. The molecule has 5 rings (SSSR count). The summed E-state index contributed by atoms with van der Waals surface area (Å²) in [5, 5.41) is 22.5. The topological polar surface area (TPSA) is 158 Å². The number of likely N-dealkylation sites (N-methyl/N-ethyl adjacent to an activating group) is 1. The van der Waals surface area contributed by atoms with Gasteiger partial charge in [0, 0.05) is 36.7 Å². The fourth-order valence-electron chi connectivity index (χ4n) is 7.98. The number of rotatable bonds is 4.